The van der Waals surface area contributed by atoms with E-state index in [1.165, 1.54) is 0 Å². The van der Waals surface area contributed by atoms with E-state index in [0.717, 1.165) is 37.6 Å². The van der Waals surface area contributed by atoms with Gasteiger partial charge in [-0.15, -0.1) is 0 Å². The van der Waals surface area contributed by atoms with Crippen molar-refractivity contribution in [2.45, 2.75) is 40.7 Å². The molecule has 0 bridgehead atoms. The molecule has 0 saturated heterocycles. The number of likely N-dealkylation sites (N-methyl/N-ethyl adjacent to an activating group) is 2. The van der Waals surface area contributed by atoms with Crippen LogP contribution in [0.15, 0.2) is 0 Å². The van der Waals surface area contributed by atoms with Gasteiger partial charge in [-0.25, -0.2) is 4.68 Å². The van der Waals surface area contributed by atoms with Crippen LogP contribution in [0.3, 0.4) is 0 Å². The number of hydrogen-bond donors (Lipinski definition) is 1. The monoisotopic (exact) mass is 281 g/mol. The van der Waals surface area contributed by atoms with Crippen molar-refractivity contribution in [2.75, 3.05) is 37.3 Å². The fourth-order valence-electron chi connectivity index (χ4n) is 2.31. The molecule has 0 aliphatic heterocycles. The van der Waals surface area contributed by atoms with E-state index >= 15 is 0 Å². The van der Waals surface area contributed by atoms with Crippen molar-refractivity contribution in [2.24, 2.45) is 0 Å². The minimum atomic E-state index is 0.110. The van der Waals surface area contributed by atoms with Crippen molar-refractivity contribution < 1.29 is 4.79 Å². The second-order valence-electron chi connectivity index (χ2n) is 4.97. The Balaban J connectivity index is 2.91. The summed E-state index contributed by atoms with van der Waals surface area (Å²) in [5.41, 5.74) is 7.58. The maximum Gasteiger partial charge on any atom is 0.242 e. The number of anilines is 2. The van der Waals surface area contributed by atoms with Crippen LogP contribution in [0.1, 0.15) is 32.9 Å². The maximum atomic E-state index is 12.2. The topological polar surface area (TPSA) is 67.4 Å². The number of aromatic nitrogens is 2. The Labute approximate surface area is 121 Å². The van der Waals surface area contributed by atoms with Gasteiger partial charge in [-0.05, 0) is 27.2 Å². The Hall–Kier alpha value is -1.72. The van der Waals surface area contributed by atoms with Crippen LogP contribution in [0.5, 0.6) is 0 Å². The van der Waals surface area contributed by atoms with E-state index in [0.29, 0.717) is 12.2 Å². The molecule has 0 aliphatic carbocycles. The highest BCUT2D eigenvalue weighted by atomic mass is 16.2. The number of amides is 1. The Morgan fingerprint density at radius 1 is 1.30 bits per heavy atom. The number of nitrogens with zero attached hydrogens (tertiary/aromatic N) is 4. The van der Waals surface area contributed by atoms with E-state index in [1.807, 2.05) is 42.3 Å². The maximum absolute atomic E-state index is 12.2. The summed E-state index contributed by atoms with van der Waals surface area (Å²) in [6.45, 7) is 10.5. The summed E-state index contributed by atoms with van der Waals surface area (Å²) in [6, 6.07) is 0. The third-order valence-electron chi connectivity index (χ3n) is 3.43. The zero-order valence-electron chi connectivity index (χ0n) is 13.3. The molecule has 0 unspecified atom stereocenters. The van der Waals surface area contributed by atoms with Crippen LogP contribution >= 0.6 is 0 Å². The summed E-state index contributed by atoms with van der Waals surface area (Å²) in [6.07, 6.45) is 0.978. The first-order valence-electron chi connectivity index (χ1n) is 7.27. The number of rotatable bonds is 7. The minimum Gasteiger partial charge on any atom is -0.394 e. The van der Waals surface area contributed by atoms with Gasteiger partial charge in [-0.1, -0.05) is 6.92 Å². The molecule has 114 valence electrons. The highest BCUT2D eigenvalue weighted by molar-refractivity contribution is 5.82. The minimum absolute atomic E-state index is 0.110. The summed E-state index contributed by atoms with van der Waals surface area (Å²) in [5.74, 6) is 0.948. The van der Waals surface area contributed by atoms with Crippen molar-refractivity contribution in [1.82, 2.24) is 14.7 Å². The standard InChI is InChI=1S/C14H27N5O/c1-6-9-19-14(13(15)11(4)16-19)17(5)10-12(20)18(7-2)8-3/h6-10,15H2,1-5H3. The number of aryl methyl sites for hydroxylation is 2. The number of nitrogens with two attached hydrogens (primary N) is 1. The van der Waals surface area contributed by atoms with Gasteiger partial charge in [0.2, 0.25) is 5.91 Å². The van der Waals surface area contributed by atoms with Gasteiger partial charge in [0.05, 0.1) is 17.9 Å². The lowest BCUT2D eigenvalue weighted by Crippen LogP contribution is -2.39. The molecule has 20 heavy (non-hydrogen) atoms. The zero-order chi connectivity index (χ0) is 15.3. The molecule has 0 fully saturated rings. The molecule has 6 nitrogen and oxygen atoms in total. The molecule has 0 radical (unpaired) electrons. The van der Waals surface area contributed by atoms with Crippen LogP contribution in [-0.4, -0.2) is 47.3 Å². The zero-order valence-corrected chi connectivity index (χ0v) is 13.3. The Morgan fingerprint density at radius 2 is 1.90 bits per heavy atom. The Bertz CT molecular complexity index is 451. The molecule has 2 N–H and O–H groups in total. The molecule has 0 spiro atoms. The molecule has 0 aliphatic rings. The highest BCUT2D eigenvalue weighted by Crippen LogP contribution is 2.25. The molecule has 1 heterocycles. The molecule has 1 aromatic heterocycles. The van der Waals surface area contributed by atoms with E-state index in [2.05, 4.69) is 12.0 Å². The third-order valence-corrected chi connectivity index (χ3v) is 3.43. The molecule has 1 amide bonds. The first kappa shape index (κ1) is 16.3. The average Bonchev–Trinajstić information content (AvgIpc) is 2.66. The van der Waals surface area contributed by atoms with Gasteiger partial charge in [-0.3, -0.25) is 4.79 Å². The van der Waals surface area contributed by atoms with Crippen molar-refractivity contribution >= 4 is 17.4 Å². The van der Waals surface area contributed by atoms with Crippen LogP contribution in [0.2, 0.25) is 0 Å². The van der Waals surface area contributed by atoms with E-state index in [1.54, 1.807) is 0 Å². The van der Waals surface area contributed by atoms with Gasteiger partial charge < -0.3 is 15.5 Å². The molecule has 1 rings (SSSR count). The smallest absolute Gasteiger partial charge is 0.242 e. The summed E-state index contributed by atoms with van der Waals surface area (Å²) in [7, 11) is 1.89. The lowest BCUT2D eigenvalue weighted by atomic mass is 10.3. The normalized spacial score (nSPS) is 10.7. The van der Waals surface area contributed by atoms with Crippen LogP contribution < -0.4 is 10.6 Å². The van der Waals surface area contributed by atoms with Gasteiger partial charge in [0.25, 0.3) is 0 Å². The molecular weight excluding hydrogens is 254 g/mol. The molecule has 1 aromatic rings. The number of carbonyl (C=O) groups excluding carboxylic acids is 1. The molecule has 0 aromatic carbocycles. The van der Waals surface area contributed by atoms with Gasteiger partial charge in [0.1, 0.15) is 0 Å². The summed E-state index contributed by atoms with van der Waals surface area (Å²) in [4.78, 5) is 15.9. The fourth-order valence-corrected chi connectivity index (χ4v) is 2.31. The average molecular weight is 281 g/mol. The van der Waals surface area contributed by atoms with Crippen molar-refractivity contribution in [3.05, 3.63) is 5.69 Å². The molecule has 0 atom stereocenters. The predicted molar refractivity (Wildman–Crippen MR) is 82.9 cm³/mol. The van der Waals surface area contributed by atoms with Crippen molar-refractivity contribution in [1.29, 1.82) is 0 Å². The second-order valence-corrected chi connectivity index (χ2v) is 4.97. The fraction of sp³-hybridized carbons (Fsp3) is 0.714. The van der Waals surface area contributed by atoms with Gasteiger partial charge >= 0.3 is 0 Å². The molecular formula is C14H27N5O. The van der Waals surface area contributed by atoms with Crippen LogP contribution in [0.25, 0.3) is 0 Å². The summed E-state index contributed by atoms with van der Waals surface area (Å²) >= 11 is 0. The number of hydrogen-bond acceptors (Lipinski definition) is 4. The van der Waals surface area contributed by atoms with Gasteiger partial charge in [0, 0.05) is 26.7 Å². The highest BCUT2D eigenvalue weighted by Gasteiger charge is 2.19. The Kier molecular flexibility index (Phi) is 5.85. The Morgan fingerprint density at radius 3 is 2.40 bits per heavy atom. The lowest BCUT2D eigenvalue weighted by Gasteiger charge is -2.25. The first-order valence-corrected chi connectivity index (χ1v) is 7.27. The number of carbonyl (C=O) groups is 1. The van der Waals surface area contributed by atoms with Crippen molar-refractivity contribution in [3.63, 3.8) is 0 Å². The first-order chi connectivity index (χ1) is 9.46. The SMILES string of the molecule is CCCn1nc(C)c(N)c1N(C)CC(=O)N(CC)CC. The van der Waals surface area contributed by atoms with Crippen LogP contribution in [-0.2, 0) is 11.3 Å². The second kappa shape index (κ2) is 7.17. The van der Waals surface area contributed by atoms with Crippen LogP contribution in [0, 0.1) is 6.92 Å². The third kappa shape index (κ3) is 3.43. The van der Waals surface area contributed by atoms with Gasteiger partial charge in [-0.2, -0.15) is 5.10 Å². The van der Waals surface area contributed by atoms with E-state index in [4.69, 9.17) is 5.73 Å². The summed E-state index contributed by atoms with van der Waals surface area (Å²) < 4.78 is 1.89. The predicted octanol–water partition coefficient (Wildman–Crippen LogP) is 1.49. The molecule has 0 saturated carbocycles. The molecule has 6 heteroatoms. The van der Waals surface area contributed by atoms with Crippen molar-refractivity contribution in [3.8, 4) is 0 Å². The number of nitrogen functional groups attached to an aromatic ring is 1. The van der Waals surface area contributed by atoms with E-state index < -0.39 is 0 Å². The van der Waals surface area contributed by atoms with E-state index in [-0.39, 0.29) is 5.91 Å². The van der Waals surface area contributed by atoms with Crippen LogP contribution in [0.4, 0.5) is 11.5 Å². The van der Waals surface area contributed by atoms with E-state index in [9.17, 15) is 4.79 Å². The summed E-state index contributed by atoms with van der Waals surface area (Å²) in [5, 5.41) is 4.44. The van der Waals surface area contributed by atoms with Gasteiger partial charge in [0.15, 0.2) is 5.82 Å². The largest absolute Gasteiger partial charge is 0.394 e. The quantitative estimate of drug-likeness (QED) is 0.822. The lowest BCUT2D eigenvalue weighted by molar-refractivity contribution is -0.129.